The first-order valence-electron chi connectivity index (χ1n) is 7.53. The van der Waals surface area contributed by atoms with E-state index >= 15 is 0 Å². The molecule has 1 heterocycles. The lowest BCUT2D eigenvalue weighted by molar-refractivity contribution is 0.0391. The molecule has 1 aliphatic rings. The first-order chi connectivity index (χ1) is 11.1. The summed E-state index contributed by atoms with van der Waals surface area (Å²) in [5.74, 6) is -0.638. The van der Waals surface area contributed by atoms with Crippen LogP contribution in [0, 0.1) is 0 Å². The number of rotatable bonds is 1. The van der Waals surface area contributed by atoms with E-state index < -0.39 is 27.7 Å². The SMILES string of the molecule is COC(=O)c1ccc2c(c1)S(=O)(=O)N(C(=O)OC(C)(C)C)CCC2. The average Bonchev–Trinajstić information content (AvgIpc) is 2.60. The number of hydrogen-bond acceptors (Lipinski definition) is 6. The number of amides is 1. The van der Waals surface area contributed by atoms with Crippen LogP contribution < -0.4 is 0 Å². The zero-order valence-electron chi connectivity index (χ0n) is 14.2. The van der Waals surface area contributed by atoms with Gasteiger partial charge < -0.3 is 9.47 Å². The molecule has 8 heteroatoms. The van der Waals surface area contributed by atoms with E-state index in [0.29, 0.717) is 18.4 Å². The van der Waals surface area contributed by atoms with Crippen LogP contribution in [0.3, 0.4) is 0 Å². The van der Waals surface area contributed by atoms with Crippen molar-refractivity contribution < 1.29 is 27.5 Å². The van der Waals surface area contributed by atoms with Crippen molar-refractivity contribution in [3.8, 4) is 0 Å². The maximum absolute atomic E-state index is 12.9. The second-order valence-corrected chi connectivity index (χ2v) is 8.31. The first kappa shape index (κ1) is 18.3. The molecule has 7 nitrogen and oxygen atoms in total. The van der Waals surface area contributed by atoms with E-state index in [-0.39, 0.29) is 17.0 Å². The van der Waals surface area contributed by atoms with Gasteiger partial charge in [-0.1, -0.05) is 6.07 Å². The van der Waals surface area contributed by atoms with Crippen molar-refractivity contribution in [1.29, 1.82) is 0 Å². The van der Waals surface area contributed by atoms with Gasteiger partial charge in [0.15, 0.2) is 0 Å². The Bertz CT molecular complexity index is 763. The van der Waals surface area contributed by atoms with Gasteiger partial charge in [-0.15, -0.1) is 0 Å². The number of benzene rings is 1. The second kappa shape index (κ2) is 6.43. The average molecular weight is 355 g/mol. The molecule has 0 aromatic heterocycles. The monoisotopic (exact) mass is 355 g/mol. The van der Waals surface area contributed by atoms with E-state index in [0.717, 1.165) is 4.31 Å². The molecule has 1 amide bonds. The van der Waals surface area contributed by atoms with Gasteiger partial charge in [0.25, 0.3) is 10.0 Å². The third kappa shape index (κ3) is 3.69. The van der Waals surface area contributed by atoms with Gasteiger partial charge in [-0.2, -0.15) is 0 Å². The summed E-state index contributed by atoms with van der Waals surface area (Å²) in [7, 11) is -2.89. The number of carbonyl (C=O) groups is 2. The summed E-state index contributed by atoms with van der Waals surface area (Å²) in [5, 5.41) is 0. The van der Waals surface area contributed by atoms with E-state index in [1.807, 2.05) is 0 Å². The Morgan fingerprint density at radius 3 is 2.46 bits per heavy atom. The Morgan fingerprint density at radius 2 is 1.88 bits per heavy atom. The summed E-state index contributed by atoms with van der Waals surface area (Å²) in [5.41, 5.74) is -0.130. The zero-order valence-corrected chi connectivity index (χ0v) is 15.0. The van der Waals surface area contributed by atoms with Crippen LogP contribution in [0.4, 0.5) is 4.79 Å². The summed E-state index contributed by atoms with van der Waals surface area (Å²) >= 11 is 0. The molecule has 0 radical (unpaired) electrons. The highest BCUT2D eigenvalue weighted by Gasteiger charge is 2.36. The molecule has 0 saturated heterocycles. The smallest absolute Gasteiger partial charge is 0.424 e. The molecule has 24 heavy (non-hydrogen) atoms. The Morgan fingerprint density at radius 1 is 1.21 bits per heavy atom. The van der Waals surface area contributed by atoms with Crippen LogP contribution in [0.5, 0.6) is 0 Å². The molecule has 0 fully saturated rings. The molecule has 1 aromatic carbocycles. The summed E-state index contributed by atoms with van der Waals surface area (Å²) in [4.78, 5) is 23.9. The third-order valence-electron chi connectivity index (χ3n) is 3.46. The van der Waals surface area contributed by atoms with Crippen LogP contribution in [0.1, 0.15) is 43.1 Å². The molecule has 0 atom stereocenters. The highest BCUT2D eigenvalue weighted by Crippen LogP contribution is 2.28. The maximum Gasteiger partial charge on any atom is 0.424 e. The molecule has 0 aliphatic carbocycles. The molecule has 132 valence electrons. The van der Waals surface area contributed by atoms with Crippen molar-refractivity contribution in [2.45, 2.75) is 44.1 Å². The van der Waals surface area contributed by atoms with Crippen molar-refractivity contribution in [1.82, 2.24) is 4.31 Å². The number of ether oxygens (including phenoxy) is 2. The lowest BCUT2D eigenvalue weighted by atomic mass is 10.1. The predicted molar refractivity (Wildman–Crippen MR) is 86.2 cm³/mol. The second-order valence-electron chi connectivity index (χ2n) is 6.48. The van der Waals surface area contributed by atoms with Crippen LogP contribution in [0.15, 0.2) is 23.1 Å². The number of hydrogen-bond donors (Lipinski definition) is 0. The maximum atomic E-state index is 12.9. The van der Waals surface area contributed by atoms with Crippen molar-refractivity contribution in [2.24, 2.45) is 0 Å². The van der Waals surface area contributed by atoms with Crippen LogP contribution >= 0.6 is 0 Å². The molecule has 0 bridgehead atoms. The van der Waals surface area contributed by atoms with Crippen molar-refractivity contribution in [3.05, 3.63) is 29.3 Å². The lowest BCUT2D eigenvalue weighted by Gasteiger charge is -2.26. The summed E-state index contributed by atoms with van der Waals surface area (Å²) in [6.07, 6.45) is 0.0389. The number of sulfonamides is 1. The highest BCUT2D eigenvalue weighted by molar-refractivity contribution is 7.89. The Hall–Kier alpha value is -2.09. The van der Waals surface area contributed by atoms with E-state index in [1.165, 1.54) is 19.2 Å². The van der Waals surface area contributed by atoms with Crippen molar-refractivity contribution >= 4 is 22.1 Å². The summed E-state index contributed by atoms with van der Waals surface area (Å²) in [6, 6.07) is 4.35. The number of nitrogens with zero attached hydrogens (tertiary/aromatic N) is 1. The van der Waals surface area contributed by atoms with Crippen molar-refractivity contribution in [2.75, 3.05) is 13.7 Å². The Labute approximate surface area is 141 Å². The standard InChI is InChI=1S/C16H21NO6S/c1-16(2,3)23-15(19)17-9-5-6-11-7-8-12(14(18)22-4)10-13(11)24(17,20)21/h7-8,10H,5-6,9H2,1-4H3. The minimum absolute atomic E-state index is 0.0273. The third-order valence-corrected chi connectivity index (χ3v) is 5.31. The number of esters is 1. The fourth-order valence-corrected chi connectivity index (χ4v) is 4.02. The number of carbonyl (C=O) groups excluding carboxylic acids is 2. The van der Waals surface area contributed by atoms with Gasteiger partial charge in [0.1, 0.15) is 5.60 Å². The molecule has 2 rings (SSSR count). The topological polar surface area (TPSA) is 90.0 Å². The van der Waals surface area contributed by atoms with Crippen LogP contribution in [0.2, 0.25) is 0 Å². The normalized spacial score (nSPS) is 16.8. The van der Waals surface area contributed by atoms with Gasteiger partial charge in [-0.25, -0.2) is 22.3 Å². The molecule has 0 saturated carbocycles. The molecular weight excluding hydrogens is 334 g/mol. The minimum atomic E-state index is -4.10. The number of methoxy groups -OCH3 is 1. The van der Waals surface area contributed by atoms with Gasteiger partial charge in [-0.3, -0.25) is 0 Å². The van der Waals surface area contributed by atoms with Crippen LogP contribution in [-0.4, -0.2) is 44.0 Å². The van der Waals surface area contributed by atoms with Gasteiger partial charge in [-0.05, 0) is 51.3 Å². The fourth-order valence-electron chi connectivity index (χ4n) is 2.40. The van der Waals surface area contributed by atoms with Crippen LogP contribution in [0.25, 0.3) is 0 Å². The molecule has 0 N–H and O–H groups in total. The Balaban J connectivity index is 2.48. The van der Waals surface area contributed by atoms with Gasteiger partial charge >= 0.3 is 12.1 Å². The molecule has 1 aromatic rings. The summed E-state index contributed by atoms with van der Waals surface area (Å²) < 4.78 is 36.3. The largest absolute Gasteiger partial charge is 0.465 e. The van der Waals surface area contributed by atoms with Crippen LogP contribution in [-0.2, 0) is 25.9 Å². The van der Waals surface area contributed by atoms with Gasteiger partial charge in [0.05, 0.1) is 17.6 Å². The summed E-state index contributed by atoms with van der Waals surface area (Å²) in [6.45, 7) is 5.02. The first-order valence-corrected chi connectivity index (χ1v) is 8.97. The van der Waals surface area contributed by atoms with E-state index in [2.05, 4.69) is 4.74 Å². The lowest BCUT2D eigenvalue weighted by Crippen LogP contribution is -2.40. The molecular formula is C16H21NO6S. The quantitative estimate of drug-likeness (QED) is 0.718. The molecule has 0 spiro atoms. The van der Waals surface area contributed by atoms with E-state index in [1.54, 1.807) is 26.8 Å². The fraction of sp³-hybridized carbons (Fsp3) is 0.500. The number of fused-ring (bicyclic) bond motifs is 1. The number of aryl methyl sites for hydroxylation is 1. The zero-order chi connectivity index (χ0) is 18.1. The van der Waals surface area contributed by atoms with Crippen molar-refractivity contribution in [3.63, 3.8) is 0 Å². The van der Waals surface area contributed by atoms with E-state index in [4.69, 9.17) is 4.74 Å². The highest BCUT2D eigenvalue weighted by atomic mass is 32.2. The Kier molecular flexibility index (Phi) is 4.89. The molecule has 0 unspecified atom stereocenters. The molecule has 1 aliphatic heterocycles. The van der Waals surface area contributed by atoms with Gasteiger partial charge in [0.2, 0.25) is 0 Å². The van der Waals surface area contributed by atoms with E-state index in [9.17, 15) is 18.0 Å². The minimum Gasteiger partial charge on any atom is -0.465 e. The predicted octanol–water partition coefficient (Wildman–Crippen LogP) is 2.35. The van der Waals surface area contributed by atoms with Gasteiger partial charge in [0, 0.05) is 6.54 Å².